The monoisotopic (exact) mass is 364 g/mol. The Kier molecular flexibility index (Phi) is 4.96. The summed E-state index contributed by atoms with van der Waals surface area (Å²) in [6.07, 6.45) is 0. The second-order valence-corrected chi connectivity index (χ2v) is 7.04. The molecule has 0 fully saturated rings. The van der Waals surface area contributed by atoms with Gasteiger partial charge in [0.05, 0.1) is 23.2 Å². The highest BCUT2D eigenvalue weighted by atomic mass is 35.5. The third-order valence-electron chi connectivity index (χ3n) is 2.83. The number of hydrogen-bond donors (Lipinski definition) is 2. The standard InChI is InChI=1S/C12H14Cl2N4O3S/c1-6(12-15-7(2)16-17-12)18-22(19,20)11-5-8(13)10(21-3)4-9(11)14/h4-6,18H,1-3H3,(H,15,16,17). The molecule has 1 heterocycles. The number of aromatic amines is 1. The predicted octanol–water partition coefficient (Wildman–Crippen LogP) is 2.47. The summed E-state index contributed by atoms with van der Waals surface area (Å²) in [6.45, 7) is 3.34. The van der Waals surface area contributed by atoms with E-state index >= 15 is 0 Å². The predicted molar refractivity (Wildman–Crippen MR) is 82.9 cm³/mol. The van der Waals surface area contributed by atoms with Gasteiger partial charge in [-0.15, -0.1) is 0 Å². The van der Waals surface area contributed by atoms with E-state index in [0.717, 1.165) is 0 Å². The molecule has 0 saturated heterocycles. The average Bonchev–Trinajstić information content (AvgIpc) is 2.87. The summed E-state index contributed by atoms with van der Waals surface area (Å²) in [5, 5.41) is 6.72. The van der Waals surface area contributed by atoms with Gasteiger partial charge in [0.15, 0.2) is 5.82 Å². The molecule has 1 aromatic heterocycles. The molecule has 0 aliphatic rings. The normalized spacial score (nSPS) is 13.1. The molecule has 2 N–H and O–H groups in total. The first-order valence-electron chi connectivity index (χ1n) is 6.19. The summed E-state index contributed by atoms with van der Waals surface area (Å²) in [7, 11) is -2.48. The minimum Gasteiger partial charge on any atom is -0.495 e. The molecular formula is C12H14Cl2N4O3S. The van der Waals surface area contributed by atoms with E-state index in [1.54, 1.807) is 13.8 Å². The van der Waals surface area contributed by atoms with E-state index in [4.69, 9.17) is 27.9 Å². The second kappa shape index (κ2) is 6.41. The van der Waals surface area contributed by atoms with Crippen molar-refractivity contribution in [2.45, 2.75) is 24.8 Å². The lowest BCUT2D eigenvalue weighted by Gasteiger charge is -2.13. The van der Waals surface area contributed by atoms with Crippen molar-refractivity contribution in [2.75, 3.05) is 7.11 Å². The molecule has 1 aromatic carbocycles. The van der Waals surface area contributed by atoms with E-state index in [2.05, 4.69) is 19.9 Å². The number of ether oxygens (including phenoxy) is 1. The maximum atomic E-state index is 12.4. The van der Waals surface area contributed by atoms with Gasteiger partial charge in [-0.05, 0) is 19.9 Å². The summed E-state index contributed by atoms with van der Waals surface area (Å²) in [5.74, 6) is 1.21. The topological polar surface area (TPSA) is 97.0 Å². The summed E-state index contributed by atoms with van der Waals surface area (Å²) < 4.78 is 32.3. The zero-order chi connectivity index (χ0) is 16.5. The summed E-state index contributed by atoms with van der Waals surface area (Å²) >= 11 is 12.0. The minimum atomic E-state index is -3.89. The largest absolute Gasteiger partial charge is 0.495 e. The number of hydrogen-bond acceptors (Lipinski definition) is 5. The molecule has 0 bridgehead atoms. The van der Waals surface area contributed by atoms with E-state index in [1.165, 1.54) is 19.2 Å². The highest BCUT2D eigenvalue weighted by Gasteiger charge is 2.24. The van der Waals surface area contributed by atoms with E-state index in [1.807, 2.05) is 0 Å². The van der Waals surface area contributed by atoms with Gasteiger partial charge in [-0.1, -0.05) is 23.2 Å². The number of halogens is 2. The van der Waals surface area contributed by atoms with E-state index < -0.39 is 16.1 Å². The average molecular weight is 365 g/mol. The van der Waals surface area contributed by atoms with Gasteiger partial charge in [0, 0.05) is 6.07 Å². The zero-order valence-corrected chi connectivity index (χ0v) is 14.3. The maximum Gasteiger partial charge on any atom is 0.242 e. The minimum absolute atomic E-state index is 0.00659. The zero-order valence-electron chi connectivity index (χ0n) is 12.0. The Morgan fingerprint density at radius 1 is 1.32 bits per heavy atom. The molecule has 2 rings (SSSR count). The van der Waals surface area contributed by atoms with Crippen LogP contribution < -0.4 is 9.46 Å². The maximum absolute atomic E-state index is 12.4. The number of aryl methyl sites for hydroxylation is 1. The van der Waals surface area contributed by atoms with Crippen LogP contribution in [0.2, 0.25) is 10.0 Å². The summed E-state index contributed by atoms with van der Waals surface area (Å²) in [6, 6.07) is 1.95. The Balaban J connectivity index is 2.33. The van der Waals surface area contributed by atoms with Gasteiger partial charge in [0.25, 0.3) is 0 Å². The summed E-state index contributed by atoms with van der Waals surface area (Å²) in [5.41, 5.74) is 0. The number of sulfonamides is 1. The van der Waals surface area contributed by atoms with E-state index in [9.17, 15) is 8.42 Å². The fourth-order valence-electron chi connectivity index (χ4n) is 1.78. The van der Waals surface area contributed by atoms with Crippen LogP contribution in [0.4, 0.5) is 0 Å². The van der Waals surface area contributed by atoms with Crippen LogP contribution in [0.15, 0.2) is 17.0 Å². The number of nitrogens with one attached hydrogen (secondary N) is 2. The van der Waals surface area contributed by atoms with Crippen LogP contribution in [0.1, 0.15) is 24.6 Å². The van der Waals surface area contributed by atoms with Gasteiger partial charge >= 0.3 is 0 Å². The Morgan fingerprint density at radius 3 is 2.55 bits per heavy atom. The van der Waals surface area contributed by atoms with Crippen LogP contribution in [0.25, 0.3) is 0 Å². The number of rotatable bonds is 5. The van der Waals surface area contributed by atoms with Gasteiger partial charge in [-0.25, -0.2) is 18.1 Å². The molecule has 0 radical (unpaired) electrons. The Morgan fingerprint density at radius 2 is 2.00 bits per heavy atom. The molecule has 0 aliphatic heterocycles. The van der Waals surface area contributed by atoms with Gasteiger partial charge in [0.2, 0.25) is 10.0 Å². The van der Waals surface area contributed by atoms with Crippen LogP contribution in [0, 0.1) is 6.92 Å². The van der Waals surface area contributed by atoms with Gasteiger partial charge in [-0.2, -0.15) is 5.10 Å². The lowest BCUT2D eigenvalue weighted by Crippen LogP contribution is -2.28. The van der Waals surface area contributed by atoms with Crippen molar-refractivity contribution in [2.24, 2.45) is 0 Å². The summed E-state index contributed by atoms with van der Waals surface area (Å²) in [4.78, 5) is 3.94. The van der Waals surface area contributed by atoms with Crippen molar-refractivity contribution in [1.82, 2.24) is 19.9 Å². The van der Waals surface area contributed by atoms with E-state index in [0.29, 0.717) is 17.4 Å². The molecule has 120 valence electrons. The van der Waals surface area contributed by atoms with Crippen molar-refractivity contribution in [3.63, 3.8) is 0 Å². The highest BCUT2D eigenvalue weighted by molar-refractivity contribution is 7.89. The SMILES string of the molecule is COc1cc(Cl)c(S(=O)(=O)NC(C)c2n[nH]c(C)n2)cc1Cl. The molecule has 0 aliphatic carbocycles. The van der Waals surface area contributed by atoms with Crippen LogP contribution in [-0.4, -0.2) is 30.7 Å². The number of benzene rings is 1. The van der Waals surface area contributed by atoms with Crippen LogP contribution in [0.5, 0.6) is 5.75 Å². The molecule has 10 heteroatoms. The third-order valence-corrected chi connectivity index (χ3v) is 5.13. The lowest BCUT2D eigenvalue weighted by atomic mass is 10.3. The van der Waals surface area contributed by atoms with Crippen molar-refractivity contribution >= 4 is 33.2 Å². The van der Waals surface area contributed by atoms with Gasteiger partial charge in [-0.3, -0.25) is 5.10 Å². The van der Waals surface area contributed by atoms with Crippen LogP contribution in [-0.2, 0) is 10.0 Å². The first-order chi connectivity index (χ1) is 10.2. The Bertz CT molecular complexity index is 792. The first-order valence-corrected chi connectivity index (χ1v) is 8.42. The molecule has 7 nitrogen and oxygen atoms in total. The third kappa shape index (κ3) is 3.52. The van der Waals surface area contributed by atoms with Crippen molar-refractivity contribution in [1.29, 1.82) is 0 Å². The molecule has 0 saturated carbocycles. The molecule has 1 unspecified atom stereocenters. The van der Waals surface area contributed by atoms with Crippen molar-refractivity contribution < 1.29 is 13.2 Å². The number of methoxy groups -OCH3 is 1. The molecule has 0 amide bonds. The number of H-pyrrole nitrogens is 1. The van der Waals surface area contributed by atoms with Crippen molar-refractivity contribution in [3.05, 3.63) is 33.8 Å². The number of aromatic nitrogens is 3. The second-order valence-electron chi connectivity index (χ2n) is 4.54. The lowest BCUT2D eigenvalue weighted by molar-refractivity contribution is 0.414. The fourth-order valence-corrected chi connectivity index (χ4v) is 3.83. The highest BCUT2D eigenvalue weighted by Crippen LogP contribution is 2.33. The molecule has 1 atom stereocenters. The first kappa shape index (κ1) is 17.0. The molecule has 2 aromatic rings. The van der Waals surface area contributed by atoms with Gasteiger partial charge < -0.3 is 4.74 Å². The number of nitrogens with zero attached hydrogens (tertiary/aromatic N) is 2. The van der Waals surface area contributed by atoms with E-state index in [-0.39, 0.29) is 14.9 Å². The van der Waals surface area contributed by atoms with Gasteiger partial charge in [0.1, 0.15) is 16.5 Å². The molecule has 0 spiro atoms. The smallest absolute Gasteiger partial charge is 0.242 e. The Labute approximate surface area is 138 Å². The Hall–Kier alpha value is -1.35. The van der Waals surface area contributed by atoms with Crippen LogP contribution >= 0.6 is 23.2 Å². The van der Waals surface area contributed by atoms with Crippen molar-refractivity contribution in [3.8, 4) is 5.75 Å². The quantitative estimate of drug-likeness (QED) is 0.849. The molecular weight excluding hydrogens is 351 g/mol. The van der Waals surface area contributed by atoms with Crippen LogP contribution in [0.3, 0.4) is 0 Å². The fraction of sp³-hybridized carbons (Fsp3) is 0.333. The molecule has 22 heavy (non-hydrogen) atoms.